The monoisotopic (exact) mass is 336 g/mol. The van der Waals surface area contributed by atoms with Crippen LogP contribution >= 0.6 is 0 Å². The van der Waals surface area contributed by atoms with Crippen LogP contribution in [0.3, 0.4) is 0 Å². The Balaban J connectivity index is 1.80. The first kappa shape index (κ1) is 15.3. The SMILES string of the molecule is CCn1cc(S(=O)(=O)Nc2ccccc2O[C@@H]2CC(=O)N2)cn1. The Kier molecular flexibility index (Phi) is 3.95. The van der Waals surface area contributed by atoms with Gasteiger partial charge in [0.05, 0.1) is 18.3 Å². The summed E-state index contributed by atoms with van der Waals surface area (Å²) >= 11 is 0. The number of ether oxygens (including phenoxy) is 1. The molecule has 0 unspecified atom stereocenters. The third-order valence-corrected chi connectivity index (χ3v) is 4.66. The molecule has 0 radical (unpaired) electrons. The van der Waals surface area contributed by atoms with Gasteiger partial charge in [-0.2, -0.15) is 5.10 Å². The van der Waals surface area contributed by atoms with Gasteiger partial charge in [0.1, 0.15) is 10.6 Å². The van der Waals surface area contributed by atoms with E-state index in [9.17, 15) is 13.2 Å². The molecular formula is C14H16N4O4S. The number of nitrogens with zero attached hydrogens (tertiary/aromatic N) is 2. The molecule has 122 valence electrons. The van der Waals surface area contributed by atoms with Crippen molar-refractivity contribution in [2.75, 3.05) is 4.72 Å². The maximum atomic E-state index is 12.4. The molecule has 1 aliphatic heterocycles. The number of sulfonamides is 1. The fourth-order valence-electron chi connectivity index (χ4n) is 2.06. The van der Waals surface area contributed by atoms with Crippen molar-refractivity contribution in [3.8, 4) is 5.75 Å². The van der Waals surface area contributed by atoms with Crippen LogP contribution in [-0.4, -0.2) is 30.3 Å². The summed E-state index contributed by atoms with van der Waals surface area (Å²) in [6.45, 7) is 2.45. The Morgan fingerprint density at radius 2 is 2.17 bits per heavy atom. The van der Waals surface area contributed by atoms with Crippen molar-refractivity contribution in [3.05, 3.63) is 36.7 Å². The fourth-order valence-corrected chi connectivity index (χ4v) is 3.09. The minimum absolute atomic E-state index is 0.0751. The first-order valence-electron chi connectivity index (χ1n) is 7.08. The Bertz CT molecular complexity index is 823. The van der Waals surface area contributed by atoms with Gasteiger partial charge < -0.3 is 10.1 Å². The summed E-state index contributed by atoms with van der Waals surface area (Å²) in [5, 5.41) is 6.54. The van der Waals surface area contributed by atoms with Crippen molar-refractivity contribution in [2.45, 2.75) is 31.0 Å². The number of carbonyl (C=O) groups excluding carboxylic acids is 1. The Labute approximate surface area is 133 Å². The van der Waals surface area contributed by atoms with Gasteiger partial charge in [-0.15, -0.1) is 0 Å². The molecular weight excluding hydrogens is 320 g/mol. The minimum atomic E-state index is -3.76. The topological polar surface area (TPSA) is 102 Å². The number of para-hydroxylation sites is 2. The molecule has 1 atom stereocenters. The van der Waals surface area contributed by atoms with Gasteiger partial charge in [-0.25, -0.2) is 8.42 Å². The molecule has 23 heavy (non-hydrogen) atoms. The molecule has 1 fully saturated rings. The molecule has 2 heterocycles. The molecule has 0 bridgehead atoms. The molecule has 1 saturated heterocycles. The third-order valence-electron chi connectivity index (χ3n) is 3.34. The number of β-lactam (4-membered cyclic amide) rings is 1. The highest BCUT2D eigenvalue weighted by atomic mass is 32.2. The second kappa shape index (κ2) is 5.92. The van der Waals surface area contributed by atoms with Crippen LogP contribution in [0.1, 0.15) is 13.3 Å². The Hall–Kier alpha value is -2.55. The Morgan fingerprint density at radius 1 is 1.43 bits per heavy atom. The van der Waals surface area contributed by atoms with E-state index in [1.807, 2.05) is 6.92 Å². The summed E-state index contributed by atoms with van der Waals surface area (Å²) in [5.74, 6) is 0.254. The van der Waals surface area contributed by atoms with Gasteiger partial charge in [0.2, 0.25) is 5.91 Å². The largest absolute Gasteiger partial charge is 0.468 e. The number of nitrogens with one attached hydrogen (secondary N) is 2. The zero-order valence-corrected chi connectivity index (χ0v) is 13.2. The van der Waals surface area contributed by atoms with Crippen LogP contribution in [0.2, 0.25) is 0 Å². The van der Waals surface area contributed by atoms with Crippen LogP contribution in [0.15, 0.2) is 41.6 Å². The maximum absolute atomic E-state index is 12.4. The van der Waals surface area contributed by atoms with Gasteiger partial charge in [-0.3, -0.25) is 14.2 Å². The highest BCUT2D eigenvalue weighted by Gasteiger charge is 2.28. The molecule has 1 aromatic heterocycles. The lowest BCUT2D eigenvalue weighted by Crippen LogP contribution is -2.51. The number of carbonyl (C=O) groups is 1. The quantitative estimate of drug-likeness (QED) is 0.764. The summed E-state index contributed by atoms with van der Waals surface area (Å²) in [5.41, 5.74) is 0.304. The molecule has 2 N–H and O–H groups in total. The second-order valence-electron chi connectivity index (χ2n) is 5.01. The molecule has 1 amide bonds. The van der Waals surface area contributed by atoms with Gasteiger partial charge in [0, 0.05) is 12.7 Å². The molecule has 0 aliphatic carbocycles. The molecule has 9 heteroatoms. The molecule has 3 rings (SSSR count). The smallest absolute Gasteiger partial charge is 0.265 e. The van der Waals surface area contributed by atoms with Crippen molar-refractivity contribution in [3.63, 3.8) is 0 Å². The van der Waals surface area contributed by atoms with Gasteiger partial charge in [0.15, 0.2) is 6.23 Å². The van der Waals surface area contributed by atoms with Crippen molar-refractivity contribution in [1.29, 1.82) is 0 Å². The molecule has 0 spiro atoms. The molecule has 0 saturated carbocycles. The standard InChI is InChI=1S/C14H16N4O4S/c1-2-18-9-10(8-15-18)23(20,21)17-11-5-3-4-6-12(11)22-14-7-13(19)16-14/h3-6,8-9,14,17H,2,7H2,1H3,(H,16,19)/t14-/m1/s1. The highest BCUT2D eigenvalue weighted by Crippen LogP contribution is 2.28. The highest BCUT2D eigenvalue weighted by molar-refractivity contribution is 7.92. The average Bonchev–Trinajstić information content (AvgIpc) is 2.97. The summed E-state index contributed by atoms with van der Waals surface area (Å²) in [7, 11) is -3.76. The van der Waals surface area contributed by atoms with Crippen molar-refractivity contribution < 1.29 is 17.9 Å². The van der Waals surface area contributed by atoms with Crippen LogP contribution in [-0.2, 0) is 21.4 Å². The lowest BCUT2D eigenvalue weighted by molar-refractivity contribution is -0.134. The molecule has 1 aliphatic rings. The van der Waals surface area contributed by atoms with E-state index in [4.69, 9.17) is 4.74 Å². The van der Waals surface area contributed by atoms with E-state index in [2.05, 4.69) is 15.1 Å². The van der Waals surface area contributed by atoms with Crippen LogP contribution in [0.25, 0.3) is 0 Å². The number of hydrogen-bond donors (Lipinski definition) is 2. The summed E-state index contributed by atoms with van der Waals surface area (Å²) in [4.78, 5) is 11.0. The van der Waals surface area contributed by atoms with E-state index in [-0.39, 0.29) is 17.2 Å². The van der Waals surface area contributed by atoms with Crippen molar-refractivity contribution >= 4 is 21.6 Å². The van der Waals surface area contributed by atoms with Crippen LogP contribution < -0.4 is 14.8 Å². The first-order valence-corrected chi connectivity index (χ1v) is 8.56. The van der Waals surface area contributed by atoms with Crippen LogP contribution in [0, 0.1) is 0 Å². The van der Waals surface area contributed by atoms with E-state index in [0.29, 0.717) is 18.0 Å². The van der Waals surface area contributed by atoms with Crippen molar-refractivity contribution in [1.82, 2.24) is 15.1 Å². The van der Waals surface area contributed by atoms with E-state index >= 15 is 0 Å². The number of aryl methyl sites for hydroxylation is 1. The van der Waals surface area contributed by atoms with E-state index in [1.54, 1.807) is 24.3 Å². The predicted octanol–water partition coefficient (Wildman–Crippen LogP) is 0.929. The minimum Gasteiger partial charge on any atom is -0.468 e. The van der Waals surface area contributed by atoms with E-state index < -0.39 is 16.3 Å². The van der Waals surface area contributed by atoms with Crippen molar-refractivity contribution in [2.24, 2.45) is 0 Å². The van der Waals surface area contributed by atoms with Gasteiger partial charge >= 0.3 is 0 Å². The number of hydrogen-bond acceptors (Lipinski definition) is 5. The summed E-state index contributed by atoms with van der Waals surface area (Å²) < 4.78 is 34.4. The fraction of sp³-hybridized carbons (Fsp3) is 0.286. The third kappa shape index (κ3) is 3.29. The zero-order chi connectivity index (χ0) is 16.4. The Morgan fingerprint density at radius 3 is 2.83 bits per heavy atom. The number of aromatic nitrogens is 2. The lowest BCUT2D eigenvalue weighted by atomic mass is 10.2. The van der Waals surface area contributed by atoms with Crippen LogP contribution in [0.5, 0.6) is 5.75 Å². The number of anilines is 1. The lowest BCUT2D eigenvalue weighted by Gasteiger charge is -2.28. The normalized spacial score (nSPS) is 17.3. The second-order valence-corrected chi connectivity index (χ2v) is 6.69. The molecule has 1 aromatic carbocycles. The maximum Gasteiger partial charge on any atom is 0.265 e. The van der Waals surface area contributed by atoms with Gasteiger partial charge in [-0.1, -0.05) is 12.1 Å². The van der Waals surface area contributed by atoms with Gasteiger partial charge in [-0.05, 0) is 19.1 Å². The summed E-state index contributed by atoms with van der Waals surface area (Å²) in [6, 6.07) is 6.65. The summed E-state index contributed by atoms with van der Waals surface area (Å²) in [6.07, 6.45) is 2.57. The predicted molar refractivity (Wildman–Crippen MR) is 82.3 cm³/mol. The number of benzene rings is 1. The zero-order valence-electron chi connectivity index (χ0n) is 12.4. The number of rotatable bonds is 6. The van der Waals surface area contributed by atoms with E-state index in [1.165, 1.54) is 17.1 Å². The first-order chi connectivity index (χ1) is 11.0. The van der Waals surface area contributed by atoms with Crippen LogP contribution in [0.4, 0.5) is 5.69 Å². The average molecular weight is 336 g/mol. The van der Waals surface area contributed by atoms with Gasteiger partial charge in [0.25, 0.3) is 10.0 Å². The number of amides is 1. The molecule has 2 aromatic rings. The van der Waals surface area contributed by atoms with E-state index in [0.717, 1.165) is 0 Å². The molecule has 8 nitrogen and oxygen atoms in total.